The molecule has 0 unspecified atom stereocenters. The fourth-order valence-corrected chi connectivity index (χ4v) is 4.52. The number of nitrogens with zero attached hydrogens (tertiary/aromatic N) is 4. The number of imidazole rings is 1. The second-order valence-electron chi connectivity index (χ2n) is 7.83. The molecule has 154 valence electrons. The Bertz CT molecular complexity index is 1140. The monoisotopic (exact) mass is 403 g/mol. The van der Waals surface area contributed by atoms with Gasteiger partial charge in [-0.05, 0) is 62.1 Å². The average Bonchev–Trinajstić information content (AvgIpc) is 3.17. The summed E-state index contributed by atoms with van der Waals surface area (Å²) >= 11 is 0. The number of fused-ring (bicyclic) bond motifs is 1. The minimum absolute atomic E-state index is 0.264. The summed E-state index contributed by atoms with van der Waals surface area (Å²) in [5.74, 6) is 2.26. The first kappa shape index (κ1) is 18.5. The number of hydrogen-bond donors (Lipinski definition) is 3. The van der Waals surface area contributed by atoms with Crippen LogP contribution in [0, 0.1) is 0 Å². The fourth-order valence-electron chi connectivity index (χ4n) is 4.52. The fraction of sp³-hybridized carbons (Fsp3) is 0.318. The van der Waals surface area contributed by atoms with Crippen LogP contribution in [-0.2, 0) is 0 Å². The number of aromatic nitrogens is 2. The number of nitrogens with one attached hydrogen (secondary N) is 1. The summed E-state index contributed by atoms with van der Waals surface area (Å²) in [7, 11) is 1.66. The molecular formula is C22H25N7O. The van der Waals surface area contributed by atoms with E-state index in [2.05, 4.69) is 9.98 Å². The molecule has 0 amide bonds. The topological polar surface area (TPSA) is 118 Å². The molecule has 0 radical (unpaired) electrons. The third-order valence-electron chi connectivity index (χ3n) is 5.94. The Labute approximate surface area is 174 Å². The van der Waals surface area contributed by atoms with Crippen molar-refractivity contribution < 1.29 is 4.74 Å². The van der Waals surface area contributed by atoms with Gasteiger partial charge in [0.2, 0.25) is 11.9 Å². The zero-order chi connectivity index (χ0) is 20.7. The van der Waals surface area contributed by atoms with E-state index in [1.807, 2.05) is 47.4 Å². The number of nitrogens with two attached hydrogens (primary N) is 2. The maximum Gasteiger partial charge on any atom is 0.220 e. The summed E-state index contributed by atoms with van der Waals surface area (Å²) in [6.45, 7) is 0. The molecule has 30 heavy (non-hydrogen) atoms. The third-order valence-corrected chi connectivity index (χ3v) is 5.94. The minimum Gasteiger partial charge on any atom is -0.497 e. The summed E-state index contributed by atoms with van der Waals surface area (Å²) in [5, 5.41) is 0. The zero-order valence-corrected chi connectivity index (χ0v) is 16.9. The number of benzene rings is 2. The first-order valence-corrected chi connectivity index (χ1v) is 10.2. The van der Waals surface area contributed by atoms with Crippen molar-refractivity contribution in [3.8, 4) is 17.1 Å². The molecule has 2 aliphatic rings. The van der Waals surface area contributed by atoms with Gasteiger partial charge < -0.3 is 21.2 Å². The Morgan fingerprint density at radius 1 is 1.03 bits per heavy atom. The normalized spacial score (nSPS) is 18.4. The Kier molecular flexibility index (Phi) is 4.34. The lowest BCUT2D eigenvalue weighted by atomic mass is 9.87. The van der Waals surface area contributed by atoms with E-state index >= 15 is 0 Å². The largest absolute Gasteiger partial charge is 0.497 e. The van der Waals surface area contributed by atoms with Crippen molar-refractivity contribution in [2.24, 2.45) is 21.5 Å². The lowest BCUT2D eigenvalue weighted by Crippen LogP contribution is -2.58. The first-order valence-electron chi connectivity index (χ1n) is 10.2. The number of hydrogen-bond acceptors (Lipinski definition) is 7. The van der Waals surface area contributed by atoms with Crippen molar-refractivity contribution in [2.75, 3.05) is 12.0 Å². The molecule has 0 saturated heterocycles. The van der Waals surface area contributed by atoms with Gasteiger partial charge in [-0.25, -0.2) is 9.98 Å². The molecule has 3 aromatic rings. The van der Waals surface area contributed by atoms with Crippen molar-refractivity contribution in [3.63, 3.8) is 0 Å². The predicted molar refractivity (Wildman–Crippen MR) is 120 cm³/mol. The van der Waals surface area contributed by atoms with Crippen LogP contribution in [0.5, 0.6) is 5.75 Å². The molecule has 0 bridgehead atoms. The van der Waals surface area contributed by atoms with Crippen LogP contribution >= 0.6 is 0 Å². The van der Waals surface area contributed by atoms with Crippen molar-refractivity contribution in [2.45, 2.75) is 37.8 Å². The van der Waals surface area contributed by atoms with Crippen LogP contribution in [-0.4, -0.2) is 34.7 Å². The SMILES string of the molecule is COc1ccc2nc(-c3ccc(N4C(N)=NC(N)=NC45CCCCC5)cc3)[nH]c2c1. The summed E-state index contributed by atoms with van der Waals surface area (Å²) in [5.41, 5.74) is 15.6. The number of rotatable bonds is 3. The molecule has 2 aromatic carbocycles. The molecule has 5 N–H and O–H groups in total. The van der Waals surface area contributed by atoms with Gasteiger partial charge in [-0.15, -0.1) is 0 Å². The van der Waals surface area contributed by atoms with E-state index in [9.17, 15) is 0 Å². The number of aromatic amines is 1. The van der Waals surface area contributed by atoms with E-state index in [0.29, 0.717) is 5.96 Å². The first-order chi connectivity index (χ1) is 14.6. The molecule has 1 aromatic heterocycles. The molecule has 1 saturated carbocycles. The highest BCUT2D eigenvalue weighted by Gasteiger charge is 2.42. The van der Waals surface area contributed by atoms with Crippen LogP contribution in [0.25, 0.3) is 22.4 Å². The molecule has 1 fully saturated rings. The molecule has 0 atom stereocenters. The zero-order valence-electron chi connectivity index (χ0n) is 16.9. The van der Waals surface area contributed by atoms with Gasteiger partial charge in [0, 0.05) is 17.3 Å². The number of aliphatic imine (C=N–C) groups is 2. The van der Waals surface area contributed by atoms with Gasteiger partial charge >= 0.3 is 0 Å². The number of guanidine groups is 2. The van der Waals surface area contributed by atoms with Gasteiger partial charge in [0.1, 0.15) is 17.2 Å². The van der Waals surface area contributed by atoms with E-state index in [1.54, 1.807) is 7.11 Å². The standard InChI is InChI=1S/C22H25N7O/c1-30-16-9-10-17-18(13-16)26-19(25-17)14-5-7-15(8-6-14)29-21(24)27-20(23)28-22(29)11-3-2-4-12-22/h5-10,13H,2-4,11-12H2,1H3,(H,25,26)(H4,23,24,27,28). The maximum absolute atomic E-state index is 6.32. The molecule has 8 heteroatoms. The van der Waals surface area contributed by atoms with Crippen LogP contribution < -0.4 is 21.1 Å². The minimum atomic E-state index is -0.439. The van der Waals surface area contributed by atoms with Crippen molar-refractivity contribution in [1.29, 1.82) is 0 Å². The summed E-state index contributed by atoms with van der Waals surface area (Å²) in [4.78, 5) is 19.1. The third kappa shape index (κ3) is 3.04. The van der Waals surface area contributed by atoms with Crippen molar-refractivity contribution in [3.05, 3.63) is 42.5 Å². The van der Waals surface area contributed by atoms with Gasteiger partial charge in [0.15, 0.2) is 0 Å². The van der Waals surface area contributed by atoms with Crippen molar-refractivity contribution >= 4 is 28.6 Å². The molecule has 2 heterocycles. The Hall–Kier alpha value is -3.55. The van der Waals surface area contributed by atoms with Crippen LogP contribution in [0.3, 0.4) is 0 Å². The highest BCUT2D eigenvalue weighted by Crippen LogP contribution is 2.39. The van der Waals surface area contributed by atoms with E-state index in [1.165, 1.54) is 6.42 Å². The van der Waals surface area contributed by atoms with Crippen LogP contribution in [0.4, 0.5) is 5.69 Å². The molecule has 1 spiro atoms. The number of ether oxygens (including phenoxy) is 1. The second kappa shape index (κ2) is 7.05. The lowest BCUT2D eigenvalue weighted by Gasteiger charge is -2.45. The second-order valence-corrected chi connectivity index (χ2v) is 7.83. The van der Waals surface area contributed by atoms with Gasteiger partial charge in [0.05, 0.1) is 18.1 Å². The van der Waals surface area contributed by atoms with E-state index < -0.39 is 5.66 Å². The Morgan fingerprint density at radius 3 is 2.53 bits per heavy atom. The van der Waals surface area contributed by atoms with E-state index in [-0.39, 0.29) is 5.96 Å². The molecule has 5 rings (SSSR count). The number of H-pyrrole nitrogens is 1. The molecule has 1 aliphatic heterocycles. The average molecular weight is 403 g/mol. The predicted octanol–water partition coefficient (Wildman–Crippen LogP) is 3.35. The molecule has 1 aliphatic carbocycles. The van der Waals surface area contributed by atoms with Gasteiger partial charge in [0.25, 0.3) is 0 Å². The van der Waals surface area contributed by atoms with Gasteiger partial charge in [-0.1, -0.05) is 6.42 Å². The van der Waals surface area contributed by atoms with E-state index in [0.717, 1.165) is 59.5 Å². The summed E-state index contributed by atoms with van der Waals surface area (Å²) in [6.07, 6.45) is 5.23. The number of methoxy groups -OCH3 is 1. The van der Waals surface area contributed by atoms with Crippen LogP contribution in [0.15, 0.2) is 52.4 Å². The number of anilines is 1. The van der Waals surface area contributed by atoms with Crippen LogP contribution in [0.1, 0.15) is 32.1 Å². The quantitative estimate of drug-likeness (QED) is 0.620. The van der Waals surface area contributed by atoms with Crippen LogP contribution in [0.2, 0.25) is 0 Å². The smallest absolute Gasteiger partial charge is 0.220 e. The summed E-state index contributed by atoms with van der Waals surface area (Å²) < 4.78 is 5.30. The van der Waals surface area contributed by atoms with Crippen molar-refractivity contribution in [1.82, 2.24) is 9.97 Å². The van der Waals surface area contributed by atoms with E-state index in [4.69, 9.17) is 26.2 Å². The summed E-state index contributed by atoms with van der Waals surface area (Å²) in [6, 6.07) is 14.0. The highest BCUT2D eigenvalue weighted by molar-refractivity contribution is 6.05. The Balaban J connectivity index is 1.49. The molecule has 8 nitrogen and oxygen atoms in total. The Morgan fingerprint density at radius 2 is 1.80 bits per heavy atom. The maximum atomic E-state index is 6.32. The highest BCUT2D eigenvalue weighted by atomic mass is 16.5. The molecular weight excluding hydrogens is 378 g/mol. The lowest BCUT2D eigenvalue weighted by molar-refractivity contribution is 0.305. The van der Waals surface area contributed by atoms with Gasteiger partial charge in [-0.2, -0.15) is 4.99 Å². The van der Waals surface area contributed by atoms with Gasteiger partial charge in [-0.3, -0.25) is 4.90 Å².